The Labute approximate surface area is 132 Å². The molecule has 0 amide bonds. The van der Waals surface area contributed by atoms with Crippen LogP contribution in [-0.4, -0.2) is 31.2 Å². The van der Waals surface area contributed by atoms with Crippen molar-refractivity contribution in [1.29, 1.82) is 0 Å². The standard InChI is InChI=1S/C15H19N3OS2/c19-11-4-1-2-5-12(11)21-15-17-16-14(13-6-3-9-20-13)18(15)10-7-8-10/h3,6,9-12,19H,1-2,4-5,7-8H2. The summed E-state index contributed by atoms with van der Waals surface area (Å²) in [6.45, 7) is 0. The van der Waals surface area contributed by atoms with Crippen molar-refractivity contribution in [3.05, 3.63) is 17.5 Å². The Morgan fingerprint density at radius 3 is 2.76 bits per heavy atom. The van der Waals surface area contributed by atoms with Crippen LogP contribution < -0.4 is 0 Å². The van der Waals surface area contributed by atoms with E-state index in [0.29, 0.717) is 6.04 Å². The number of hydrogen-bond donors (Lipinski definition) is 1. The van der Waals surface area contributed by atoms with Crippen molar-refractivity contribution in [3.63, 3.8) is 0 Å². The maximum Gasteiger partial charge on any atom is 0.192 e. The van der Waals surface area contributed by atoms with Crippen LogP contribution in [0.5, 0.6) is 0 Å². The number of thioether (sulfide) groups is 1. The smallest absolute Gasteiger partial charge is 0.192 e. The SMILES string of the molecule is OC1CCCCC1Sc1nnc(-c2cccs2)n1C1CC1. The Morgan fingerprint density at radius 1 is 1.19 bits per heavy atom. The number of hydrogen-bond acceptors (Lipinski definition) is 5. The first kappa shape index (κ1) is 13.8. The van der Waals surface area contributed by atoms with E-state index in [2.05, 4.69) is 32.3 Å². The molecule has 2 unspecified atom stereocenters. The lowest BCUT2D eigenvalue weighted by atomic mass is 9.97. The zero-order chi connectivity index (χ0) is 14.2. The van der Waals surface area contributed by atoms with Gasteiger partial charge in [0.05, 0.1) is 11.0 Å². The molecule has 0 spiro atoms. The van der Waals surface area contributed by atoms with Crippen molar-refractivity contribution in [2.75, 3.05) is 0 Å². The van der Waals surface area contributed by atoms with Gasteiger partial charge in [-0.15, -0.1) is 21.5 Å². The lowest BCUT2D eigenvalue weighted by Crippen LogP contribution is -2.27. The predicted molar refractivity (Wildman–Crippen MR) is 85.7 cm³/mol. The summed E-state index contributed by atoms with van der Waals surface area (Å²) in [5.74, 6) is 1.00. The molecular weight excluding hydrogens is 302 g/mol. The van der Waals surface area contributed by atoms with Crippen LogP contribution in [0.25, 0.3) is 10.7 Å². The maximum absolute atomic E-state index is 10.2. The van der Waals surface area contributed by atoms with Crippen LogP contribution in [0.3, 0.4) is 0 Å². The molecule has 0 saturated heterocycles. The molecule has 21 heavy (non-hydrogen) atoms. The van der Waals surface area contributed by atoms with Crippen molar-refractivity contribution in [2.24, 2.45) is 0 Å². The lowest BCUT2D eigenvalue weighted by molar-refractivity contribution is 0.137. The molecule has 2 aliphatic carbocycles. The van der Waals surface area contributed by atoms with E-state index in [1.54, 1.807) is 23.1 Å². The van der Waals surface area contributed by atoms with E-state index < -0.39 is 0 Å². The normalized spacial score (nSPS) is 26.1. The average Bonchev–Trinajstić information content (AvgIpc) is 3.02. The third-order valence-corrected chi connectivity index (χ3v) is 6.45. The van der Waals surface area contributed by atoms with Crippen LogP contribution >= 0.6 is 23.1 Å². The summed E-state index contributed by atoms with van der Waals surface area (Å²) in [6, 6.07) is 4.72. The molecule has 1 N–H and O–H groups in total. The minimum atomic E-state index is -0.196. The summed E-state index contributed by atoms with van der Waals surface area (Å²) >= 11 is 3.44. The molecule has 2 heterocycles. The highest BCUT2D eigenvalue weighted by atomic mass is 32.2. The van der Waals surface area contributed by atoms with Crippen LogP contribution in [0.1, 0.15) is 44.6 Å². The van der Waals surface area contributed by atoms with Crippen LogP contribution in [0.15, 0.2) is 22.7 Å². The molecule has 2 saturated carbocycles. The largest absolute Gasteiger partial charge is 0.392 e. The first-order valence-electron chi connectivity index (χ1n) is 7.66. The van der Waals surface area contributed by atoms with Gasteiger partial charge in [0.25, 0.3) is 0 Å². The molecule has 0 bridgehead atoms. The molecule has 0 radical (unpaired) electrons. The first-order valence-corrected chi connectivity index (χ1v) is 9.42. The van der Waals surface area contributed by atoms with Gasteiger partial charge in [-0.2, -0.15) is 0 Å². The Bertz CT molecular complexity index is 606. The van der Waals surface area contributed by atoms with Crippen LogP contribution in [0.4, 0.5) is 0 Å². The second-order valence-corrected chi connectivity index (χ2v) is 8.05. The van der Waals surface area contributed by atoms with Crippen LogP contribution in [-0.2, 0) is 0 Å². The van der Waals surface area contributed by atoms with Gasteiger partial charge in [-0.3, -0.25) is 4.57 Å². The van der Waals surface area contributed by atoms with E-state index in [1.165, 1.54) is 24.1 Å². The molecule has 6 heteroatoms. The summed E-state index contributed by atoms with van der Waals surface area (Å²) in [5.41, 5.74) is 0. The first-order chi connectivity index (χ1) is 10.3. The fourth-order valence-corrected chi connectivity index (χ4v) is 4.93. The van der Waals surface area contributed by atoms with Gasteiger partial charge in [-0.25, -0.2) is 0 Å². The highest BCUT2D eigenvalue weighted by molar-refractivity contribution is 7.99. The lowest BCUT2D eigenvalue weighted by Gasteiger charge is -2.26. The van der Waals surface area contributed by atoms with Gasteiger partial charge in [-0.1, -0.05) is 30.7 Å². The number of nitrogens with zero attached hydrogens (tertiary/aromatic N) is 3. The van der Waals surface area contributed by atoms with Crippen molar-refractivity contribution < 1.29 is 5.11 Å². The molecule has 0 aliphatic heterocycles. The molecule has 112 valence electrons. The highest BCUT2D eigenvalue weighted by Crippen LogP contribution is 2.43. The predicted octanol–water partition coefficient (Wildman–Crippen LogP) is 3.74. The molecule has 4 rings (SSSR count). The van der Waals surface area contributed by atoms with Crippen LogP contribution in [0, 0.1) is 0 Å². The monoisotopic (exact) mass is 321 g/mol. The van der Waals surface area contributed by atoms with Gasteiger partial charge in [-0.05, 0) is 37.1 Å². The third kappa shape index (κ3) is 2.76. The van der Waals surface area contributed by atoms with Gasteiger partial charge >= 0.3 is 0 Å². The molecule has 2 fully saturated rings. The third-order valence-electron chi connectivity index (χ3n) is 4.24. The quantitative estimate of drug-likeness (QED) is 0.932. The van der Waals surface area contributed by atoms with Gasteiger partial charge < -0.3 is 5.11 Å². The van der Waals surface area contributed by atoms with E-state index in [4.69, 9.17) is 0 Å². The fraction of sp³-hybridized carbons (Fsp3) is 0.600. The summed E-state index contributed by atoms with van der Waals surface area (Å²) < 4.78 is 2.30. The Kier molecular flexibility index (Phi) is 3.77. The molecule has 2 aromatic heterocycles. The number of aromatic nitrogens is 3. The number of aliphatic hydroxyl groups is 1. The van der Waals surface area contributed by atoms with Crippen molar-refractivity contribution in [1.82, 2.24) is 14.8 Å². The Hall–Kier alpha value is -0.850. The van der Waals surface area contributed by atoms with Crippen molar-refractivity contribution in [3.8, 4) is 10.7 Å². The van der Waals surface area contributed by atoms with E-state index >= 15 is 0 Å². The van der Waals surface area contributed by atoms with Gasteiger partial charge in [0.15, 0.2) is 11.0 Å². The van der Waals surface area contributed by atoms with E-state index in [0.717, 1.165) is 30.2 Å². The molecule has 4 nitrogen and oxygen atoms in total. The molecule has 2 aliphatic rings. The van der Waals surface area contributed by atoms with Crippen molar-refractivity contribution in [2.45, 2.75) is 61.1 Å². The maximum atomic E-state index is 10.2. The van der Waals surface area contributed by atoms with E-state index in [1.807, 2.05) is 0 Å². The molecule has 0 aromatic carbocycles. The summed E-state index contributed by atoms with van der Waals surface area (Å²) in [5, 5.41) is 22.4. The second-order valence-electron chi connectivity index (χ2n) is 5.89. The second kappa shape index (κ2) is 5.74. The zero-order valence-electron chi connectivity index (χ0n) is 11.8. The topological polar surface area (TPSA) is 50.9 Å². The highest BCUT2D eigenvalue weighted by Gasteiger charge is 2.33. The number of aliphatic hydroxyl groups excluding tert-OH is 1. The number of thiophene rings is 1. The summed E-state index contributed by atoms with van der Waals surface area (Å²) in [7, 11) is 0. The molecule has 2 aromatic rings. The number of rotatable bonds is 4. The van der Waals surface area contributed by atoms with Gasteiger partial charge in [0, 0.05) is 11.3 Å². The minimum Gasteiger partial charge on any atom is -0.392 e. The van der Waals surface area contributed by atoms with E-state index in [-0.39, 0.29) is 11.4 Å². The van der Waals surface area contributed by atoms with Crippen molar-refractivity contribution >= 4 is 23.1 Å². The van der Waals surface area contributed by atoms with Crippen LogP contribution in [0.2, 0.25) is 0 Å². The zero-order valence-corrected chi connectivity index (χ0v) is 13.4. The van der Waals surface area contributed by atoms with E-state index in [9.17, 15) is 5.11 Å². The Balaban J connectivity index is 1.63. The summed E-state index contributed by atoms with van der Waals surface area (Å²) in [6.07, 6.45) is 6.61. The fourth-order valence-electron chi connectivity index (χ4n) is 2.94. The van der Waals surface area contributed by atoms with Gasteiger partial charge in [0.2, 0.25) is 0 Å². The average molecular weight is 321 g/mol. The molecule has 2 atom stereocenters. The summed E-state index contributed by atoms with van der Waals surface area (Å²) in [4.78, 5) is 1.19. The molecular formula is C15H19N3OS2. The van der Waals surface area contributed by atoms with Gasteiger partial charge in [0.1, 0.15) is 0 Å². The minimum absolute atomic E-state index is 0.196. The Morgan fingerprint density at radius 2 is 2.05 bits per heavy atom.